The van der Waals surface area contributed by atoms with Crippen LogP contribution in [0.3, 0.4) is 0 Å². The summed E-state index contributed by atoms with van der Waals surface area (Å²) in [6.07, 6.45) is 0. The van der Waals surface area contributed by atoms with Crippen LogP contribution in [0.15, 0.2) is 30.3 Å². The number of hydrogen-bond donors (Lipinski definition) is 1. The summed E-state index contributed by atoms with van der Waals surface area (Å²) in [5.74, 6) is 1.15. The normalized spacial score (nSPS) is 10.5. The first-order valence-electron chi connectivity index (χ1n) is 5.84. The lowest BCUT2D eigenvalue weighted by Crippen LogP contribution is -2.07. The summed E-state index contributed by atoms with van der Waals surface area (Å²) in [5, 5.41) is 4.06. The fourth-order valence-corrected chi connectivity index (χ4v) is 1.95. The summed E-state index contributed by atoms with van der Waals surface area (Å²) in [6.45, 7) is 2.74. The largest absolute Gasteiger partial charge is 0.439 e. The summed E-state index contributed by atoms with van der Waals surface area (Å²) < 4.78 is 5.65. The van der Waals surface area contributed by atoms with E-state index in [2.05, 4.69) is 10.3 Å². The molecule has 0 bridgehead atoms. The van der Waals surface area contributed by atoms with Gasteiger partial charge in [0.25, 0.3) is 0 Å². The van der Waals surface area contributed by atoms with E-state index in [1.54, 1.807) is 18.2 Å². The van der Waals surface area contributed by atoms with E-state index in [1.165, 1.54) is 0 Å². The van der Waals surface area contributed by atoms with Gasteiger partial charge in [-0.15, -0.1) is 0 Å². The number of aromatic nitrogens is 1. The Balaban J connectivity index is 2.19. The monoisotopic (exact) mass is 296 g/mol. The van der Waals surface area contributed by atoms with Crippen LogP contribution in [0.1, 0.15) is 11.3 Å². The van der Waals surface area contributed by atoms with E-state index in [-0.39, 0.29) is 0 Å². The van der Waals surface area contributed by atoms with Crippen LogP contribution >= 0.6 is 23.2 Å². The van der Waals surface area contributed by atoms with Crippen LogP contribution in [0.25, 0.3) is 0 Å². The van der Waals surface area contributed by atoms with Gasteiger partial charge in [-0.25, -0.2) is 4.98 Å². The molecule has 0 saturated heterocycles. The van der Waals surface area contributed by atoms with Gasteiger partial charge in [0, 0.05) is 24.4 Å². The Bertz CT molecular complexity index is 588. The predicted molar refractivity (Wildman–Crippen MR) is 78.3 cm³/mol. The minimum atomic E-state index is 0.461. The minimum absolute atomic E-state index is 0.461. The SMILES string of the molecule is CNCc1ccc(Oc2ccc(Cl)c(Cl)c2)nc1C. The minimum Gasteiger partial charge on any atom is -0.439 e. The van der Waals surface area contributed by atoms with Crippen molar-refractivity contribution in [1.29, 1.82) is 0 Å². The summed E-state index contributed by atoms with van der Waals surface area (Å²) in [4.78, 5) is 4.40. The van der Waals surface area contributed by atoms with Crippen LogP contribution in [0, 0.1) is 6.92 Å². The van der Waals surface area contributed by atoms with Crippen molar-refractivity contribution >= 4 is 23.2 Å². The molecule has 1 aromatic carbocycles. The lowest BCUT2D eigenvalue weighted by atomic mass is 10.2. The van der Waals surface area contributed by atoms with Crippen LogP contribution < -0.4 is 10.1 Å². The van der Waals surface area contributed by atoms with Crippen molar-refractivity contribution in [2.24, 2.45) is 0 Å². The highest BCUT2D eigenvalue weighted by Gasteiger charge is 2.05. The number of nitrogens with one attached hydrogen (secondary N) is 1. The van der Waals surface area contributed by atoms with Gasteiger partial charge in [0.2, 0.25) is 5.88 Å². The van der Waals surface area contributed by atoms with E-state index in [1.807, 2.05) is 26.1 Å². The van der Waals surface area contributed by atoms with Crippen molar-refractivity contribution in [2.75, 3.05) is 7.05 Å². The quantitative estimate of drug-likeness (QED) is 0.918. The molecule has 0 aliphatic carbocycles. The molecule has 0 spiro atoms. The van der Waals surface area contributed by atoms with Gasteiger partial charge in [0.1, 0.15) is 5.75 Å². The van der Waals surface area contributed by atoms with Crippen LogP contribution in [0.2, 0.25) is 10.0 Å². The summed E-state index contributed by atoms with van der Waals surface area (Å²) in [7, 11) is 1.90. The first-order valence-corrected chi connectivity index (χ1v) is 6.60. The van der Waals surface area contributed by atoms with E-state index in [9.17, 15) is 0 Å². The molecule has 3 nitrogen and oxygen atoms in total. The van der Waals surface area contributed by atoms with E-state index in [0.717, 1.165) is 17.8 Å². The Labute approximate surface area is 122 Å². The standard InChI is InChI=1S/C14H14Cl2N2O/c1-9-10(8-17-2)3-6-14(18-9)19-11-4-5-12(15)13(16)7-11/h3-7,17H,8H2,1-2H3. The van der Waals surface area contributed by atoms with E-state index >= 15 is 0 Å². The average Bonchev–Trinajstić information content (AvgIpc) is 2.37. The van der Waals surface area contributed by atoms with Crippen LogP contribution in [0.4, 0.5) is 0 Å². The zero-order valence-corrected chi connectivity index (χ0v) is 12.2. The number of nitrogens with zero attached hydrogens (tertiary/aromatic N) is 1. The van der Waals surface area contributed by atoms with Gasteiger partial charge in [0.05, 0.1) is 10.0 Å². The van der Waals surface area contributed by atoms with Crippen LogP contribution in [0.5, 0.6) is 11.6 Å². The number of pyridine rings is 1. The number of hydrogen-bond acceptors (Lipinski definition) is 3. The molecule has 0 aliphatic rings. The Kier molecular flexibility index (Phi) is 4.64. The third kappa shape index (κ3) is 3.60. The highest BCUT2D eigenvalue weighted by molar-refractivity contribution is 6.42. The molecule has 0 unspecified atom stereocenters. The average molecular weight is 297 g/mol. The van der Waals surface area contributed by atoms with Crippen LogP contribution in [-0.4, -0.2) is 12.0 Å². The number of ether oxygens (including phenoxy) is 1. The van der Waals surface area contributed by atoms with Crippen molar-refractivity contribution < 1.29 is 4.74 Å². The second kappa shape index (κ2) is 6.24. The maximum atomic E-state index is 5.94. The molecule has 0 amide bonds. The zero-order chi connectivity index (χ0) is 13.8. The molecular formula is C14H14Cl2N2O. The molecule has 19 heavy (non-hydrogen) atoms. The molecule has 0 aliphatic heterocycles. The van der Waals surface area contributed by atoms with Crippen molar-refractivity contribution in [3.63, 3.8) is 0 Å². The maximum Gasteiger partial charge on any atom is 0.219 e. The molecule has 0 atom stereocenters. The molecule has 100 valence electrons. The second-order valence-electron chi connectivity index (χ2n) is 4.10. The number of benzene rings is 1. The van der Waals surface area contributed by atoms with E-state index < -0.39 is 0 Å². The third-order valence-electron chi connectivity index (χ3n) is 2.65. The molecule has 0 saturated carbocycles. The smallest absolute Gasteiger partial charge is 0.219 e. The van der Waals surface area contributed by atoms with Crippen LogP contribution in [-0.2, 0) is 6.54 Å². The van der Waals surface area contributed by atoms with Gasteiger partial charge in [-0.1, -0.05) is 29.3 Å². The van der Waals surface area contributed by atoms with E-state index in [0.29, 0.717) is 21.7 Å². The lowest BCUT2D eigenvalue weighted by molar-refractivity contribution is 0.461. The molecule has 1 heterocycles. The first kappa shape index (κ1) is 14.1. The Morgan fingerprint density at radius 1 is 1.16 bits per heavy atom. The molecule has 1 aromatic heterocycles. The summed E-state index contributed by atoms with van der Waals surface area (Å²) >= 11 is 11.8. The highest BCUT2D eigenvalue weighted by atomic mass is 35.5. The predicted octanol–water partition coefficient (Wildman–Crippen LogP) is 4.21. The lowest BCUT2D eigenvalue weighted by Gasteiger charge is -2.09. The van der Waals surface area contributed by atoms with Gasteiger partial charge in [0.15, 0.2) is 0 Å². The Morgan fingerprint density at radius 2 is 1.95 bits per heavy atom. The van der Waals surface area contributed by atoms with Crippen molar-refractivity contribution in [2.45, 2.75) is 13.5 Å². The number of aryl methyl sites for hydroxylation is 1. The molecule has 1 N–H and O–H groups in total. The molecule has 2 aromatic rings. The topological polar surface area (TPSA) is 34.1 Å². The number of halogens is 2. The van der Waals surface area contributed by atoms with Gasteiger partial charge >= 0.3 is 0 Å². The number of rotatable bonds is 4. The molecule has 0 fully saturated rings. The molecular weight excluding hydrogens is 283 g/mol. The van der Waals surface area contributed by atoms with Crippen molar-refractivity contribution in [1.82, 2.24) is 10.3 Å². The Morgan fingerprint density at radius 3 is 2.58 bits per heavy atom. The van der Waals surface area contributed by atoms with E-state index in [4.69, 9.17) is 27.9 Å². The first-order chi connectivity index (χ1) is 9.10. The fourth-order valence-electron chi connectivity index (χ4n) is 1.66. The van der Waals surface area contributed by atoms with Crippen molar-refractivity contribution in [3.8, 4) is 11.6 Å². The Hall–Kier alpha value is -1.29. The highest BCUT2D eigenvalue weighted by Crippen LogP contribution is 2.29. The van der Waals surface area contributed by atoms with Gasteiger partial charge in [-0.05, 0) is 31.7 Å². The van der Waals surface area contributed by atoms with Gasteiger partial charge < -0.3 is 10.1 Å². The van der Waals surface area contributed by atoms with Crippen molar-refractivity contribution in [3.05, 3.63) is 51.6 Å². The van der Waals surface area contributed by atoms with Gasteiger partial charge in [-0.3, -0.25) is 0 Å². The maximum absolute atomic E-state index is 5.94. The second-order valence-corrected chi connectivity index (χ2v) is 4.92. The zero-order valence-electron chi connectivity index (χ0n) is 10.7. The third-order valence-corrected chi connectivity index (χ3v) is 3.39. The summed E-state index contributed by atoms with van der Waals surface area (Å²) in [5.41, 5.74) is 2.08. The summed E-state index contributed by atoms with van der Waals surface area (Å²) in [6, 6.07) is 8.95. The van der Waals surface area contributed by atoms with Gasteiger partial charge in [-0.2, -0.15) is 0 Å². The molecule has 0 radical (unpaired) electrons. The molecule has 5 heteroatoms. The molecule has 2 rings (SSSR count). The fraction of sp³-hybridized carbons (Fsp3) is 0.214.